The first-order valence-corrected chi connectivity index (χ1v) is 7.08. The number of carbonyl (C=O) groups is 2. The number of ether oxygens (including phenoxy) is 1. The minimum atomic E-state index is -0.447. The van der Waals surface area contributed by atoms with Crippen LogP contribution in [0.4, 0.5) is 5.69 Å². The quantitative estimate of drug-likeness (QED) is 0.750. The summed E-state index contributed by atoms with van der Waals surface area (Å²) in [6.07, 6.45) is 3.22. The number of nitrogens with zero attached hydrogens (tertiary/aromatic N) is 2. The Bertz CT molecular complexity index is 887. The van der Waals surface area contributed by atoms with Gasteiger partial charge in [0, 0.05) is 11.8 Å². The Kier molecular flexibility index (Phi) is 3.99. The van der Waals surface area contributed by atoms with Gasteiger partial charge in [0.1, 0.15) is 10.8 Å². The lowest BCUT2D eigenvalue weighted by atomic mass is 10.1. The molecule has 0 saturated heterocycles. The fraction of sp³-hybridized carbons (Fsp3) is 0.0625. The van der Waals surface area contributed by atoms with Gasteiger partial charge in [0.2, 0.25) is 0 Å². The topological polar surface area (TPSA) is 72.7 Å². The van der Waals surface area contributed by atoms with Crippen LogP contribution in [0.15, 0.2) is 48.8 Å². The highest BCUT2D eigenvalue weighted by Gasteiger charge is 2.10. The Morgan fingerprint density at radius 3 is 2.52 bits per heavy atom. The van der Waals surface area contributed by atoms with Gasteiger partial charge in [-0.15, -0.1) is 0 Å². The Labute approximate surface area is 136 Å². The lowest BCUT2D eigenvalue weighted by Gasteiger charge is -2.07. The molecule has 3 aromatic rings. The molecule has 23 heavy (non-hydrogen) atoms. The van der Waals surface area contributed by atoms with Gasteiger partial charge in [-0.3, -0.25) is 9.20 Å². The lowest BCUT2D eigenvalue weighted by molar-refractivity contribution is 0.0600. The first kappa shape index (κ1) is 15.1. The number of halogens is 1. The standard InChI is InChI=1S/C16H12ClN3O3/c1-23-16(22)11-4-2-10(3-5-11)15(21)19-12-6-7-14-18-8-13(17)20(14)9-12/h2-9H,1H3,(H,19,21). The highest BCUT2D eigenvalue weighted by atomic mass is 35.5. The van der Waals surface area contributed by atoms with Gasteiger partial charge in [-0.25, -0.2) is 9.78 Å². The lowest BCUT2D eigenvalue weighted by Crippen LogP contribution is -2.12. The minimum absolute atomic E-state index is 0.294. The number of nitrogens with one attached hydrogen (secondary N) is 1. The van der Waals surface area contributed by atoms with E-state index < -0.39 is 5.97 Å². The Morgan fingerprint density at radius 1 is 1.13 bits per heavy atom. The van der Waals surface area contributed by atoms with Crippen molar-refractivity contribution in [1.29, 1.82) is 0 Å². The van der Waals surface area contributed by atoms with Crippen LogP contribution in [0.2, 0.25) is 5.15 Å². The molecule has 0 bridgehead atoms. The first-order chi connectivity index (χ1) is 11.1. The molecule has 116 valence electrons. The van der Waals surface area contributed by atoms with Gasteiger partial charge in [-0.05, 0) is 36.4 Å². The molecule has 0 saturated carbocycles. The Hall–Kier alpha value is -2.86. The minimum Gasteiger partial charge on any atom is -0.465 e. The van der Waals surface area contributed by atoms with E-state index in [9.17, 15) is 9.59 Å². The number of anilines is 1. The maximum absolute atomic E-state index is 12.2. The third kappa shape index (κ3) is 3.02. The molecule has 0 aliphatic carbocycles. The van der Waals surface area contributed by atoms with E-state index in [-0.39, 0.29) is 5.91 Å². The number of imidazole rings is 1. The van der Waals surface area contributed by atoms with Crippen molar-refractivity contribution in [2.75, 3.05) is 12.4 Å². The Morgan fingerprint density at radius 2 is 1.83 bits per heavy atom. The van der Waals surface area contributed by atoms with Crippen molar-refractivity contribution in [3.05, 3.63) is 65.1 Å². The highest BCUT2D eigenvalue weighted by Crippen LogP contribution is 2.17. The average molecular weight is 330 g/mol. The van der Waals surface area contributed by atoms with E-state index in [4.69, 9.17) is 11.6 Å². The number of hydrogen-bond acceptors (Lipinski definition) is 4. The zero-order valence-electron chi connectivity index (χ0n) is 12.1. The SMILES string of the molecule is COC(=O)c1ccc(C(=O)Nc2ccc3ncc(Cl)n3c2)cc1. The average Bonchev–Trinajstić information content (AvgIpc) is 2.95. The van der Waals surface area contributed by atoms with Crippen molar-refractivity contribution in [2.24, 2.45) is 0 Å². The summed E-state index contributed by atoms with van der Waals surface area (Å²) in [7, 11) is 1.31. The highest BCUT2D eigenvalue weighted by molar-refractivity contribution is 6.29. The van der Waals surface area contributed by atoms with Gasteiger partial charge in [-0.1, -0.05) is 11.6 Å². The monoisotopic (exact) mass is 329 g/mol. The molecule has 6 nitrogen and oxygen atoms in total. The van der Waals surface area contributed by atoms with Crippen LogP contribution in [-0.2, 0) is 4.74 Å². The van der Waals surface area contributed by atoms with Crippen LogP contribution in [0.1, 0.15) is 20.7 Å². The molecule has 1 aromatic carbocycles. The van der Waals surface area contributed by atoms with Gasteiger partial charge in [0.05, 0.1) is 24.6 Å². The zero-order chi connectivity index (χ0) is 16.4. The van der Waals surface area contributed by atoms with E-state index in [0.717, 1.165) is 0 Å². The number of amides is 1. The van der Waals surface area contributed by atoms with Crippen LogP contribution in [0.25, 0.3) is 5.65 Å². The molecule has 0 spiro atoms. The summed E-state index contributed by atoms with van der Waals surface area (Å²) >= 11 is 6.00. The maximum atomic E-state index is 12.2. The molecule has 2 heterocycles. The fourth-order valence-corrected chi connectivity index (χ4v) is 2.29. The number of hydrogen-bond donors (Lipinski definition) is 1. The predicted molar refractivity (Wildman–Crippen MR) is 85.9 cm³/mol. The first-order valence-electron chi connectivity index (χ1n) is 6.71. The maximum Gasteiger partial charge on any atom is 0.337 e. The number of methoxy groups -OCH3 is 1. The summed E-state index contributed by atoms with van der Waals surface area (Å²) < 4.78 is 6.28. The van der Waals surface area contributed by atoms with Gasteiger partial charge >= 0.3 is 5.97 Å². The van der Waals surface area contributed by atoms with Crippen molar-refractivity contribution >= 4 is 34.8 Å². The van der Waals surface area contributed by atoms with Crippen molar-refractivity contribution in [3.8, 4) is 0 Å². The molecule has 1 N–H and O–H groups in total. The summed E-state index contributed by atoms with van der Waals surface area (Å²) in [4.78, 5) is 27.7. The molecule has 0 aliphatic rings. The van der Waals surface area contributed by atoms with Crippen molar-refractivity contribution < 1.29 is 14.3 Å². The summed E-state index contributed by atoms with van der Waals surface area (Å²) in [5, 5.41) is 3.22. The summed E-state index contributed by atoms with van der Waals surface area (Å²) in [6, 6.07) is 9.68. The molecular formula is C16H12ClN3O3. The van der Waals surface area contributed by atoms with Crippen molar-refractivity contribution in [1.82, 2.24) is 9.38 Å². The van der Waals surface area contributed by atoms with E-state index in [2.05, 4.69) is 15.0 Å². The van der Waals surface area contributed by atoms with Crippen LogP contribution in [0, 0.1) is 0 Å². The summed E-state index contributed by atoms with van der Waals surface area (Å²) in [5.41, 5.74) is 2.08. The number of benzene rings is 1. The van der Waals surface area contributed by atoms with Gasteiger partial charge in [-0.2, -0.15) is 0 Å². The second-order valence-corrected chi connectivity index (χ2v) is 5.14. The normalized spacial score (nSPS) is 10.5. The molecule has 0 unspecified atom stereocenters. The van der Waals surface area contributed by atoms with Crippen LogP contribution in [0.3, 0.4) is 0 Å². The molecule has 3 rings (SSSR count). The van der Waals surface area contributed by atoms with Crippen LogP contribution in [-0.4, -0.2) is 28.4 Å². The fourth-order valence-electron chi connectivity index (χ4n) is 2.10. The van der Waals surface area contributed by atoms with Gasteiger partial charge in [0.25, 0.3) is 5.91 Å². The van der Waals surface area contributed by atoms with Crippen molar-refractivity contribution in [2.45, 2.75) is 0 Å². The summed E-state index contributed by atoms with van der Waals surface area (Å²) in [6.45, 7) is 0. The van der Waals surface area contributed by atoms with Crippen molar-refractivity contribution in [3.63, 3.8) is 0 Å². The molecule has 0 fully saturated rings. The summed E-state index contributed by atoms with van der Waals surface area (Å²) in [5.74, 6) is -0.742. The molecule has 0 radical (unpaired) electrons. The van der Waals surface area contributed by atoms with E-state index in [0.29, 0.717) is 27.6 Å². The van der Waals surface area contributed by atoms with Crippen LogP contribution < -0.4 is 5.32 Å². The van der Waals surface area contributed by atoms with Crippen LogP contribution >= 0.6 is 11.6 Å². The molecule has 2 aromatic heterocycles. The van der Waals surface area contributed by atoms with E-state index >= 15 is 0 Å². The third-order valence-corrected chi connectivity index (χ3v) is 3.57. The second kappa shape index (κ2) is 6.10. The number of carbonyl (C=O) groups excluding carboxylic acids is 2. The number of pyridine rings is 1. The van der Waals surface area contributed by atoms with E-state index in [1.165, 1.54) is 25.4 Å². The van der Waals surface area contributed by atoms with Gasteiger partial charge in [0.15, 0.2) is 0 Å². The molecule has 0 aliphatic heterocycles. The van der Waals surface area contributed by atoms with E-state index in [1.807, 2.05) is 0 Å². The number of esters is 1. The number of rotatable bonds is 3. The Balaban J connectivity index is 1.79. The number of aromatic nitrogens is 2. The van der Waals surface area contributed by atoms with Gasteiger partial charge < -0.3 is 10.1 Å². The van der Waals surface area contributed by atoms with E-state index in [1.54, 1.807) is 34.9 Å². The van der Waals surface area contributed by atoms with Crippen LogP contribution in [0.5, 0.6) is 0 Å². The molecule has 0 atom stereocenters. The zero-order valence-corrected chi connectivity index (χ0v) is 12.9. The predicted octanol–water partition coefficient (Wildman–Crippen LogP) is 3.03. The second-order valence-electron chi connectivity index (χ2n) is 4.75. The third-order valence-electron chi connectivity index (χ3n) is 3.29. The smallest absolute Gasteiger partial charge is 0.337 e. The molecular weight excluding hydrogens is 318 g/mol. The molecule has 1 amide bonds. The molecule has 7 heteroatoms. The largest absolute Gasteiger partial charge is 0.465 e. The number of fused-ring (bicyclic) bond motifs is 1.